The van der Waals surface area contributed by atoms with Crippen molar-refractivity contribution in [2.24, 2.45) is 5.92 Å². The standard InChI is InChI=1S/C15H16N2O4S/c1-9-7-17(22(19,20)8-9)15(18)11-4-5-12-13(6-11)21-14(16-12)10-2-3-10/h4-6,9-10H,2-3,7-8H2,1H3. The zero-order valence-electron chi connectivity index (χ0n) is 12.2. The van der Waals surface area contributed by atoms with Crippen LogP contribution in [0.15, 0.2) is 22.6 Å². The van der Waals surface area contributed by atoms with E-state index < -0.39 is 15.9 Å². The average molecular weight is 320 g/mol. The molecule has 1 aliphatic carbocycles. The Hall–Kier alpha value is -1.89. The van der Waals surface area contributed by atoms with E-state index in [1.54, 1.807) is 18.2 Å². The zero-order valence-corrected chi connectivity index (χ0v) is 13.0. The molecule has 1 saturated carbocycles. The summed E-state index contributed by atoms with van der Waals surface area (Å²) in [6, 6.07) is 4.92. The van der Waals surface area contributed by atoms with Crippen LogP contribution >= 0.6 is 0 Å². The van der Waals surface area contributed by atoms with E-state index in [0.29, 0.717) is 28.5 Å². The predicted molar refractivity (Wildman–Crippen MR) is 80.0 cm³/mol. The minimum Gasteiger partial charge on any atom is -0.440 e. The largest absolute Gasteiger partial charge is 0.440 e. The van der Waals surface area contributed by atoms with Crippen LogP contribution in [0.2, 0.25) is 0 Å². The molecule has 0 radical (unpaired) electrons. The Balaban J connectivity index is 1.69. The van der Waals surface area contributed by atoms with Crippen LogP contribution in [0.3, 0.4) is 0 Å². The van der Waals surface area contributed by atoms with Crippen molar-refractivity contribution in [3.8, 4) is 0 Å². The third-order valence-electron chi connectivity index (χ3n) is 4.11. The van der Waals surface area contributed by atoms with Gasteiger partial charge in [-0.15, -0.1) is 0 Å². The fourth-order valence-corrected chi connectivity index (χ4v) is 4.68. The molecule has 2 heterocycles. The Kier molecular flexibility index (Phi) is 2.84. The lowest BCUT2D eigenvalue weighted by molar-refractivity contribution is 0.0863. The van der Waals surface area contributed by atoms with E-state index in [2.05, 4.69) is 4.98 Å². The van der Waals surface area contributed by atoms with Gasteiger partial charge in [-0.2, -0.15) is 0 Å². The number of rotatable bonds is 2. The monoisotopic (exact) mass is 320 g/mol. The summed E-state index contributed by atoms with van der Waals surface area (Å²) in [5, 5.41) is 0. The van der Waals surface area contributed by atoms with Crippen molar-refractivity contribution in [3.63, 3.8) is 0 Å². The highest BCUT2D eigenvalue weighted by molar-refractivity contribution is 7.89. The van der Waals surface area contributed by atoms with Gasteiger partial charge >= 0.3 is 0 Å². The van der Waals surface area contributed by atoms with Crippen LogP contribution in [0.1, 0.15) is 41.9 Å². The molecule has 22 heavy (non-hydrogen) atoms. The van der Waals surface area contributed by atoms with E-state index >= 15 is 0 Å². The number of nitrogens with zero attached hydrogens (tertiary/aromatic N) is 2. The van der Waals surface area contributed by atoms with Crippen LogP contribution < -0.4 is 0 Å². The van der Waals surface area contributed by atoms with E-state index in [9.17, 15) is 13.2 Å². The summed E-state index contributed by atoms with van der Waals surface area (Å²) in [5.41, 5.74) is 1.57. The lowest BCUT2D eigenvalue weighted by Gasteiger charge is -2.14. The predicted octanol–water partition coefficient (Wildman–Crippen LogP) is 2.13. The molecule has 2 aliphatic rings. The van der Waals surface area contributed by atoms with Crippen LogP contribution in [-0.2, 0) is 10.0 Å². The first kappa shape index (κ1) is 13.8. The maximum absolute atomic E-state index is 12.5. The van der Waals surface area contributed by atoms with Crippen LogP contribution in [0.25, 0.3) is 11.1 Å². The molecule has 0 spiro atoms. The van der Waals surface area contributed by atoms with E-state index in [1.807, 2.05) is 6.92 Å². The molecule has 1 saturated heterocycles. The van der Waals surface area contributed by atoms with Crippen molar-refractivity contribution < 1.29 is 17.6 Å². The molecule has 7 heteroatoms. The third kappa shape index (κ3) is 2.20. The second-order valence-corrected chi connectivity index (χ2v) is 8.17. The van der Waals surface area contributed by atoms with Gasteiger partial charge in [0.25, 0.3) is 5.91 Å². The maximum atomic E-state index is 12.5. The first-order chi connectivity index (χ1) is 10.4. The van der Waals surface area contributed by atoms with Gasteiger partial charge in [0.1, 0.15) is 5.52 Å². The maximum Gasteiger partial charge on any atom is 0.267 e. The van der Waals surface area contributed by atoms with Gasteiger partial charge in [-0.3, -0.25) is 4.79 Å². The van der Waals surface area contributed by atoms with E-state index in [4.69, 9.17) is 4.42 Å². The second kappa shape index (κ2) is 4.55. The Labute approximate surface area is 128 Å². The second-order valence-electron chi connectivity index (χ2n) is 6.23. The van der Waals surface area contributed by atoms with Gasteiger partial charge in [0.15, 0.2) is 11.5 Å². The molecule has 1 aliphatic heterocycles. The van der Waals surface area contributed by atoms with Crippen LogP contribution in [0.5, 0.6) is 0 Å². The molecule has 2 aromatic rings. The van der Waals surface area contributed by atoms with Crippen molar-refractivity contribution in [2.75, 3.05) is 12.3 Å². The van der Waals surface area contributed by atoms with E-state index in [1.165, 1.54) is 0 Å². The van der Waals surface area contributed by atoms with Gasteiger partial charge < -0.3 is 4.42 Å². The fraction of sp³-hybridized carbons (Fsp3) is 0.467. The number of carbonyl (C=O) groups is 1. The topological polar surface area (TPSA) is 80.5 Å². The summed E-state index contributed by atoms with van der Waals surface area (Å²) >= 11 is 0. The highest BCUT2D eigenvalue weighted by Crippen LogP contribution is 2.40. The number of fused-ring (bicyclic) bond motifs is 1. The van der Waals surface area contributed by atoms with Crippen molar-refractivity contribution in [2.45, 2.75) is 25.7 Å². The molecular formula is C15H16N2O4S. The number of aromatic nitrogens is 1. The number of oxazole rings is 1. The van der Waals surface area contributed by atoms with Crippen LogP contribution in [0.4, 0.5) is 0 Å². The number of sulfonamides is 1. The first-order valence-corrected chi connectivity index (χ1v) is 9.00. The Morgan fingerprint density at radius 2 is 2.14 bits per heavy atom. The molecule has 1 amide bonds. The Bertz CT molecular complexity index is 867. The average Bonchev–Trinajstić information content (AvgIpc) is 3.15. The van der Waals surface area contributed by atoms with Gasteiger partial charge in [-0.1, -0.05) is 6.92 Å². The Morgan fingerprint density at radius 1 is 1.36 bits per heavy atom. The lowest BCUT2D eigenvalue weighted by atomic mass is 10.1. The molecule has 0 N–H and O–H groups in total. The van der Waals surface area contributed by atoms with E-state index in [-0.39, 0.29) is 18.2 Å². The van der Waals surface area contributed by atoms with Gasteiger partial charge in [-0.25, -0.2) is 17.7 Å². The molecule has 2 fully saturated rings. The molecule has 1 aromatic heterocycles. The summed E-state index contributed by atoms with van der Waals surface area (Å²) in [6.45, 7) is 2.06. The number of amides is 1. The quantitative estimate of drug-likeness (QED) is 0.847. The van der Waals surface area contributed by atoms with Crippen molar-refractivity contribution >= 4 is 27.0 Å². The van der Waals surface area contributed by atoms with Crippen molar-refractivity contribution in [3.05, 3.63) is 29.7 Å². The minimum absolute atomic E-state index is 0.0229. The minimum atomic E-state index is -3.50. The number of benzene rings is 1. The summed E-state index contributed by atoms with van der Waals surface area (Å²) in [6.07, 6.45) is 2.17. The SMILES string of the molecule is CC1CN(C(=O)c2ccc3nc(C4CC4)oc3c2)S(=O)(=O)C1. The van der Waals surface area contributed by atoms with Crippen LogP contribution in [-0.4, -0.2) is 35.9 Å². The molecule has 4 rings (SSSR count). The normalized spacial score (nSPS) is 24.0. The molecule has 116 valence electrons. The number of hydrogen-bond donors (Lipinski definition) is 0. The smallest absolute Gasteiger partial charge is 0.267 e. The summed E-state index contributed by atoms with van der Waals surface area (Å²) in [7, 11) is -3.50. The zero-order chi connectivity index (χ0) is 15.5. The fourth-order valence-electron chi connectivity index (χ4n) is 2.83. The Morgan fingerprint density at radius 3 is 2.77 bits per heavy atom. The number of carbonyl (C=O) groups excluding carboxylic acids is 1. The first-order valence-electron chi connectivity index (χ1n) is 7.39. The van der Waals surface area contributed by atoms with Crippen molar-refractivity contribution in [1.82, 2.24) is 9.29 Å². The molecule has 6 nitrogen and oxygen atoms in total. The highest BCUT2D eigenvalue weighted by Gasteiger charge is 2.37. The van der Waals surface area contributed by atoms with Gasteiger partial charge in [0.05, 0.1) is 5.75 Å². The summed E-state index contributed by atoms with van der Waals surface area (Å²) < 4.78 is 30.7. The van der Waals surface area contributed by atoms with Crippen molar-refractivity contribution in [1.29, 1.82) is 0 Å². The highest BCUT2D eigenvalue weighted by atomic mass is 32.2. The van der Waals surface area contributed by atoms with Gasteiger partial charge in [0, 0.05) is 18.0 Å². The third-order valence-corrected chi connectivity index (χ3v) is 6.09. The molecular weight excluding hydrogens is 304 g/mol. The number of hydrogen-bond acceptors (Lipinski definition) is 5. The van der Waals surface area contributed by atoms with Gasteiger partial charge in [-0.05, 0) is 37.0 Å². The molecule has 1 unspecified atom stereocenters. The van der Waals surface area contributed by atoms with Crippen LogP contribution in [0, 0.1) is 5.92 Å². The molecule has 0 bridgehead atoms. The summed E-state index contributed by atoms with van der Waals surface area (Å²) in [4.78, 5) is 16.9. The molecule has 1 atom stereocenters. The molecule has 1 aromatic carbocycles. The lowest BCUT2D eigenvalue weighted by Crippen LogP contribution is -2.32. The summed E-state index contributed by atoms with van der Waals surface area (Å²) in [5.74, 6) is 0.600. The van der Waals surface area contributed by atoms with E-state index in [0.717, 1.165) is 17.1 Å². The van der Waals surface area contributed by atoms with Gasteiger partial charge in [0.2, 0.25) is 10.0 Å².